The Morgan fingerprint density at radius 1 is 1.55 bits per heavy atom. The Kier molecular flexibility index (Phi) is 4.65. The Hall–Kier alpha value is -1.56. The normalized spacial score (nSPS) is 19.6. The van der Waals surface area contributed by atoms with Crippen LogP contribution in [0.1, 0.15) is 40.0 Å². The smallest absolute Gasteiger partial charge is 0.412 e. The van der Waals surface area contributed by atoms with Crippen LogP contribution in [0.25, 0.3) is 0 Å². The van der Waals surface area contributed by atoms with Gasteiger partial charge in [0.15, 0.2) is 0 Å². The molecule has 2 heterocycles. The number of nitrogens with zero attached hydrogens (tertiary/aromatic N) is 2. The van der Waals surface area contributed by atoms with Gasteiger partial charge in [-0.1, -0.05) is 0 Å². The number of hydrogen-bond donors (Lipinski definition) is 1. The van der Waals surface area contributed by atoms with Crippen molar-refractivity contribution in [1.29, 1.82) is 0 Å². The number of amides is 1. The van der Waals surface area contributed by atoms with Crippen LogP contribution in [-0.4, -0.2) is 34.2 Å². The van der Waals surface area contributed by atoms with Gasteiger partial charge in [-0.2, -0.15) is 5.10 Å². The number of rotatable bonds is 3. The first-order valence-corrected chi connectivity index (χ1v) is 7.06. The molecule has 0 radical (unpaired) electrons. The largest absolute Gasteiger partial charge is 0.444 e. The van der Waals surface area contributed by atoms with Gasteiger partial charge in [0.1, 0.15) is 5.60 Å². The van der Waals surface area contributed by atoms with Crippen LogP contribution >= 0.6 is 0 Å². The van der Waals surface area contributed by atoms with Gasteiger partial charge < -0.3 is 9.47 Å². The molecule has 112 valence electrons. The molecule has 1 aliphatic heterocycles. The Labute approximate surface area is 119 Å². The van der Waals surface area contributed by atoms with Gasteiger partial charge in [-0.05, 0) is 40.0 Å². The van der Waals surface area contributed by atoms with Crippen molar-refractivity contribution in [3.8, 4) is 0 Å². The lowest BCUT2D eigenvalue weighted by molar-refractivity contribution is 0.00401. The summed E-state index contributed by atoms with van der Waals surface area (Å²) in [6, 6.07) is 0. The molecule has 1 unspecified atom stereocenters. The van der Waals surface area contributed by atoms with Crippen molar-refractivity contribution in [3.05, 3.63) is 12.4 Å². The van der Waals surface area contributed by atoms with E-state index < -0.39 is 11.7 Å². The highest BCUT2D eigenvalue weighted by atomic mass is 16.6. The van der Waals surface area contributed by atoms with Crippen LogP contribution < -0.4 is 5.32 Å². The highest BCUT2D eigenvalue weighted by Gasteiger charge is 2.18. The van der Waals surface area contributed by atoms with E-state index in [9.17, 15) is 4.79 Å². The average molecular weight is 281 g/mol. The molecule has 1 aromatic rings. The van der Waals surface area contributed by atoms with Crippen molar-refractivity contribution in [3.63, 3.8) is 0 Å². The zero-order valence-corrected chi connectivity index (χ0v) is 12.4. The quantitative estimate of drug-likeness (QED) is 0.925. The van der Waals surface area contributed by atoms with Crippen LogP contribution in [0.5, 0.6) is 0 Å². The first-order chi connectivity index (χ1) is 9.42. The predicted octanol–water partition coefficient (Wildman–Crippen LogP) is 2.80. The highest BCUT2D eigenvalue weighted by molar-refractivity contribution is 5.84. The van der Waals surface area contributed by atoms with Crippen molar-refractivity contribution >= 4 is 11.8 Å². The number of aromatic nitrogens is 2. The molecular formula is C14H23N3O3. The van der Waals surface area contributed by atoms with Gasteiger partial charge in [0.25, 0.3) is 0 Å². The maximum absolute atomic E-state index is 11.6. The van der Waals surface area contributed by atoms with E-state index in [1.165, 1.54) is 6.42 Å². The summed E-state index contributed by atoms with van der Waals surface area (Å²) >= 11 is 0. The average Bonchev–Trinajstić information content (AvgIpc) is 2.75. The lowest BCUT2D eigenvalue weighted by Crippen LogP contribution is -2.27. The molecule has 20 heavy (non-hydrogen) atoms. The molecule has 1 atom stereocenters. The second-order valence-electron chi connectivity index (χ2n) is 6.07. The Morgan fingerprint density at radius 2 is 2.35 bits per heavy atom. The van der Waals surface area contributed by atoms with Crippen molar-refractivity contribution in [2.24, 2.45) is 0 Å². The van der Waals surface area contributed by atoms with Crippen molar-refractivity contribution < 1.29 is 14.3 Å². The van der Waals surface area contributed by atoms with Gasteiger partial charge >= 0.3 is 6.09 Å². The fourth-order valence-corrected chi connectivity index (χ4v) is 2.11. The number of carbonyl (C=O) groups is 1. The molecule has 0 aliphatic carbocycles. The molecule has 2 rings (SSSR count). The maximum atomic E-state index is 11.6. The molecule has 1 aliphatic rings. The van der Waals surface area contributed by atoms with Crippen LogP contribution in [0.2, 0.25) is 0 Å². The van der Waals surface area contributed by atoms with E-state index in [-0.39, 0.29) is 6.10 Å². The number of anilines is 1. The molecule has 1 saturated heterocycles. The molecule has 1 amide bonds. The standard InChI is InChI=1S/C14H23N3O3/c1-14(2,3)20-13(18)16-11-8-15-17(9-11)10-12-6-4-5-7-19-12/h8-9,12H,4-7,10H2,1-3H3,(H,16,18). The van der Waals surface area contributed by atoms with E-state index in [0.29, 0.717) is 5.69 Å². The third-order valence-corrected chi connectivity index (χ3v) is 2.94. The van der Waals surface area contributed by atoms with Crippen molar-refractivity contribution in [2.45, 2.75) is 58.3 Å². The van der Waals surface area contributed by atoms with Gasteiger partial charge in [0.2, 0.25) is 0 Å². The molecule has 0 aromatic carbocycles. The predicted molar refractivity (Wildman–Crippen MR) is 75.7 cm³/mol. The van der Waals surface area contributed by atoms with E-state index in [1.54, 1.807) is 17.1 Å². The Balaban J connectivity index is 1.84. The second-order valence-corrected chi connectivity index (χ2v) is 6.07. The maximum Gasteiger partial charge on any atom is 0.412 e. The van der Waals surface area contributed by atoms with Crippen molar-refractivity contribution in [2.75, 3.05) is 11.9 Å². The number of nitrogens with one attached hydrogen (secondary N) is 1. The molecule has 1 N–H and O–H groups in total. The van der Waals surface area contributed by atoms with Gasteiger partial charge in [-0.15, -0.1) is 0 Å². The fourth-order valence-electron chi connectivity index (χ4n) is 2.11. The summed E-state index contributed by atoms with van der Waals surface area (Å²) < 4.78 is 12.6. The summed E-state index contributed by atoms with van der Waals surface area (Å²) in [5.41, 5.74) is 0.130. The highest BCUT2D eigenvalue weighted by Crippen LogP contribution is 2.16. The molecular weight excluding hydrogens is 258 g/mol. The zero-order valence-electron chi connectivity index (χ0n) is 12.4. The monoisotopic (exact) mass is 281 g/mol. The van der Waals surface area contributed by atoms with E-state index in [1.807, 2.05) is 20.8 Å². The summed E-state index contributed by atoms with van der Waals surface area (Å²) in [6.45, 7) is 7.04. The number of hydrogen-bond acceptors (Lipinski definition) is 4. The third kappa shape index (κ3) is 4.85. The summed E-state index contributed by atoms with van der Waals surface area (Å²) in [7, 11) is 0. The van der Waals surface area contributed by atoms with Gasteiger partial charge in [-0.25, -0.2) is 4.79 Å². The summed E-state index contributed by atoms with van der Waals surface area (Å²) in [4.78, 5) is 11.6. The van der Waals surface area contributed by atoms with E-state index >= 15 is 0 Å². The molecule has 1 aromatic heterocycles. The zero-order chi connectivity index (χ0) is 14.6. The van der Waals surface area contributed by atoms with Crippen LogP contribution in [0.4, 0.5) is 10.5 Å². The van der Waals surface area contributed by atoms with Crippen molar-refractivity contribution in [1.82, 2.24) is 9.78 Å². The van der Waals surface area contributed by atoms with E-state index in [2.05, 4.69) is 10.4 Å². The summed E-state index contributed by atoms with van der Waals surface area (Å²) in [6.07, 6.45) is 6.57. The lowest BCUT2D eigenvalue weighted by Gasteiger charge is -2.22. The van der Waals surface area contributed by atoms with Crippen LogP contribution in [0.15, 0.2) is 12.4 Å². The first kappa shape index (κ1) is 14.8. The summed E-state index contributed by atoms with van der Waals surface area (Å²) in [5.74, 6) is 0. The second kappa shape index (κ2) is 6.26. The van der Waals surface area contributed by atoms with Crippen LogP contribution in [-0.2, 0) is 16.0 Å². The Morgan fingerprint density at radius 3 is 3.00 bits per heavy atom. The minimum atomic E-state index is -0.504. The lowest BCUT2D eigenvalue weighted by atomic mass is 10.1. The van der Waals surface area contributed by atoms with Gasteiger partial charge in [0, 0.05) is 12.8 Å². The number of ether oxygens (including phenoxy) is 2. The van der Waals surface area contributed by atoms with Crippen LogP contribution in [0, 0.1) is 0 Å². The summed E-state index contributed by atoms with van der Waals surface area (Å²) in [5, 5.41) is 6.90. The molecule has 0 saturated carbocycles. The van der Waals surface area contributed by atoms with Gasteiger partial charge in [0.05, 0.1) is 24.5 Å². The molecule has 6 heteroatoms. The van der Waals surface area contributed by atoms with E-state index in [0.717, 1.165) is 26.0 Å². The first-order valence-electron chi connectivity index (χ1n) is 7.06. The van der Waals surface area contributed by atoms with Crippen LogP contribution in [0.3, 0.4) is 0 Å². The van der Waals surface area contributed by atoms with Gasteiger partial charge in [-0.3, -0.25) is 10.00 Å². The van der Waals surface area contributed by atoms with E-state index in [4.69, 9.17) is 9.47 Å². The third-order valence-electron chi connectivity index (χ3n) is 2.94. The molecule has 6 nitrogen and oxygen atoms in total. The number of carbonyl (C=O) groups excluding carboxylic acids is 1. The minimum Gasteiger partial charge on any atom is -0.444 e. The Bertz CT molecular complexity index is 445. The molecule has 0 spiro atoms. The minimum absolute atomic E-state index is 0.220. The molecule has 1 fully saturated rings. The fraction of sp³-hybridized carbons (Fsp3) is 0.714. The SMILES string of the molecule is CC(C)(C)OC(=O)Nc1cnn(CC2CCCCO2)c1. The topological polar surface area (TPSA) is 65.4 Å². The molecule has 0 bridgehead atoms.